The minimum atomic E-state index is -4.90. The monoisotopic (exact) mass is 460 g/mol. The Labute approximate surface area is 181 Å². The predicted molar refractivity (Wildman–Crippen MR) is 118 cm³/mol. The summed E-state index contributed by atoms with van der Waals surface area (Å²) in [4.78, 5) is -0.815. The Morgan fingerprint density at radius 2 is 1.23 bits per heavy atom. The van der Waals surface area contributed by atoms with Crippen LogP contribution in [0.2, 0.25) is 0 Å². The first-order valence-electron chi connectivity index (χ1n) is 9.31. The third-order valence-electron chi connectivity index (χ3n) is 4.70. The summed E-state index contributed by atoms with van der Waals surface area (Å²) in [6, 6.07) is 20.2. The van der Waals surface area contributed by atoms with Gasteiger partial charge in [0.25, 0.3) is 0 Å². The van der Waals surface area contributed by atoms with E-state index in [-0.39, 0.29) is 0 Å². The lowest BCUT2D eigenvalue weighted by Gasteiger charge is -2.24. The van der Waals surface area contributed by atoms with Gasteiger partial charge < -0.3 is 4.74 Å². The Morgan fingerprint density at radius 3 is 1.65 bits per heavy atom. The number of benzene rings is 3. The van der Waals surface area contributed by atoms with Crippen molar-refractivity contribution in [2.45, 2.75) is 20.5 Å². The highest BCUT2D eigenvalue weighted by molar-refractivity contribution is 8.10. The maximum atomic E-state index is 16.3. The van der Waals surface area contributed by atoms with Gasteiger partial charge in [-0.2, -0.15) is 0 Å². The molecule has 0 bridgehead atoms. The van der Waals surface area contributed by atoms with Crippen molar-refractivity contribution >= 4 is 25.8 Å². The second-order valence-electron chi connectivity index (χ2n) is 6.67. The van der Waals surface area contributed by atoms with Crippen molar-refractivity contribution in [3.63, 3.8) is 0 Å². The van der Waals surface area contributed by atoms with Crippen LogP contribution in [0, 0.1) is 0 Å². The predicted octanol–water partition coefficient (Wildman–Crippen LogP) is 4.67. The van der Waals surface area contributed by atoms with Crippen molar-refractivity contribution in [3.05, 3.63) is 96.6 Å². The number of hydrogen-bond donors (Lipinski definition) is 0. The van der Waals surface area contributed by atoms with E-state index in [0.717, 1.165) is 0 Å². The first-order valence-corrected chi connectivity index (χ1v) is 12.3. The molecule has 0 aromatic heterocycles. The van der Waals surface area contributed by atoms with Crippen LogP contribution < -0.4 is 4.74 Å². The smallest absolute Gasteiger partial charge is 0.321 e. The molecule has 0 N–H and O–H groups in total. The molecule has 0 spiro atoms. The van der Waals surface area contributed by atoms with E-state index >= 15 is 4.39 Å². The average Bonchev–Trinajstić information content (AvgIpc) is 2.80. The van der Waals surface area contributed by atoms with Gasteiger partial charge in [-0.25, -0.2) is 21.2 Å². The van der Waals surface area contributed by atoms with E-state index in [9.17, 15) is 16.8 Å². The molecule has 0 radical (unpaired) electrons. The minimum Gasteiger partial charge on any atom is -0.497 e. The summed E-state index contributed by atoms with van der Waals surface area (Å²) < 4.78 is 70.6. The Kier molecular flexibility index (Phi) is 6.62. The van der Waals surface area contributed by atoms with Gasteiger partial charge in [-0.3, -0.25) is 0 Å². The molecule has 0 aliphatic rings. The van der Waals surface area contributed by atoms with Crippen LogP contribution in [-0.4, -0.2) is 28.3 Å². The molecule has 31 heavy (non-hydrogen) atoms. The van der Waals surface area contributed by atoms with Crippen molar-refractivity contribution < 1.29 is 26.0 Å². The standard InChI is InChI=1S/C23H21FO5S2/c1-29-20-16-14-19(15-17-20)9-8-18-23(24,30(25,26)21-10-4-2-5-11-21)31(27,28)22-12-6-3-7-13-22/h2-17H,18H2,1H3/b9-8+. The largest absolute Gasteiger partial charge is 0.497 e. The third-order valence-corrected chi connectivity index (χ3v) is 9.74. The van der Waals surface area contributed by atoms with Crippen LogP contribution in [0.25, 0.3) is 6.08 Å². The Balaban J connectivity index is 2.07. The van der Waals surface area contributed by atoms with Gasteiger partial charge in [0.15, 0.2) is 0 Å². The van der Waals surface area contributed by atoms with Gasteiger partial charge in [-0.05, 0) is 42.0 Å². The molecule has 0 aliphatic heterocycles. The van der Waals surface area contributed by atoms with Gasteiger partial charge in [0, 0.05) is 6.42 Å². The quantitative estimate of drug-likeness (QED) is 0.488. The number of hydrogen-bond acceptors (Lipinski definition) is 5. The van der Waals surface area contributed by atoms with E-state index in [1.54, 1.807) is 36.4 Å². The normalized spacial score (nSPS) is 12.7. The maximum absolute atomic E-state index is 16.3. The summed E-state index contributed by atoms with van der Waals surface area (Å²) in [6.07, 6.45) is 1.80. The first kappa shape index (κ1) is 22.7. The zero-order valence-corrected chi connectivity index (χ0v) is 18.3. The molecule has 0 heterocycles. The summed E-state index contributed by atoms with van der Waals surface area (Å²) in [6.45, 7) is 0. The molecular formula is C23H21FO5S2. The lowest BCUT2D eigenvalue weighted by Crippen LogP contribution is -2.42. The van der Waals surface area contributed by atoms with E-state index in [4.69, 9.17) is 4.74 Å². The highest BCUT2D eigenvalue weighted by Crippen LogP contribution is 2.40. The maximum Gasteiger partial charge on any atom is 0.321 e. The molecule has 3 aromatic rings. The molecule has 3 aromatic carbocycles. The molecule has 0 saturated carbocycles. The van der Waals surface area contributed by atoms with E-state index in [1.165, 1.54) is 67.8 Å². The van der Waals surface area contributed by atoms with Crippen molar-refractivity contribution in [2.24, 2.45) is 0 Å². The highest BCUT2D eigenvalue weighted by Gasteiger charge is 2.56. The number of halogens is 1. The Hall–Kier alpha value is -2.97. The number of allylic oxidation sites excluding steroid dienone is 1. The summed E-state index contributed by atoms with van der Waals surface area (Å²) in [7, 11) is -8.28. The zero-order valence-electron chi connectivity index (χ0n) is 16.7. The van der Waals surface area contributed by atoms with E-state index in [0.29, 0.717) is 11.3 Å². The van der Waals surface area contributed by atoms with Gasteiger partial charge in [0.2, 0.25) is 19.7 Å². The number of alkyl halides is 1. The zero-order chi connectivity index (χ0) is 22.5. The lowest BCUT2D eigenvalue weighted by atomic mass is 10.2. The average molecular weight is 461 g/mol. The molecular weight excluding hydrogens is 439 g/mol. The van der Waals surface area contributed by atoms with E-state index in [2.05, 4.69) is 0 Å². The number of ether oxygens (including phenoxy) is 1. The number of rotatable bonds is 8. The molecule has 8 heteroatoms. The second-order valence-corrected chi connectivity index (χ2v) is 11.2. The van der Waals surface area contributed by atoms with Crippen LogP contribution in [0.4, 0.5) is 4.39 Å². The molecule has 3 rings (SSSR count). The fourth-order valence-electron chi connectivity index (χ4n) is 2.97. The highest BCUT2D eigenvalue weighted by atomic mass is 32.3. The molecule has 0 atom stereocenters. The molecule has 5 nitrogen and oxygen atoms in total. The van der Waals surface area contributed by atoms with Crippen molar-refractivity contribution in [1.29, 1.82) is 0 Å². The summed E-state index contributed by atoms with van der Waals surface area (Å²) in [5.41, 5.74) is 0.636. The first-order chi connectivity index (χ1) is 14.7. The minimum absolute atomic E-state index is 0.408. The van der Waals surface area contributed by atoms with Crippen LogP contribution >= 0.6 is 0 Å². The van der Waals surface area contributed by atoms with Gasteiger partial charge in [0.05, 0.1) is 16.9 Å². The third kappa shape index (κ3) is 4.40. The van der Waals surface area contributed by atoms with Gasteiger partial charge in [-0.1, -0.05) is 60.7 Å². The van der Waals surface area contributed by atoms with E-state index in [1.807, 2.05) is 0 Å². The molecule has 0 amide bonds. The van der Waals surface area contributed by atoms with Crippen molar-refractivity contribution in [2.75, 3.05) is 7.11 Å². The van der Waals surface area contributed by atoms with E-state index < -0.39 is 40.2 Å². The fraction of sp³-hybridized carbons (Fsp3) is 0.130. The summed E-state index contributed by atoms with van der Waals surface area (Å²) in [5, 5.41) is 0. The topological polar surface area (TPSA) is 77.5 Å². The summed E-state index contributed by atoms with van der Waals surface area (Å²) in [5.74, 6) is 0.621. The second kappa shape index (κ2) is 9.03. The van der Waals surface area contributed by atoms with Gasteiger partial charge in [-0.15, -0.1) is 0 Å². The fourth-order valence-corrected chi connectivity index (χ4v) is 7.06. The van der Waals surface area contributed by atoms with Crippen LogP contribution in [0.3, 0.4) is 0 Å². The molecule has 0 saturated heterocycles. The van der Waals surface area contributed by atoms with Crippen LogP contribution in [0.1, 0.15) is 12.0 Å². The lowest BCUT2D eigenvalue weighted by molar-refractivity contribution is 0.358. The van der Waals surface area contributed by atoms with Crippen molar-refractivity contribution in [3.8, 4) is 5.75 Å². The SMILES string of the molecule is COc1ccc(/C=C/CC(F)(S(=O)(=O)c2ccccc2)S(=O)(=O)c2ccccc2)cc1. The molecule has 162 valence electrons. The molecule has 0 unspecified atom stereocenters. The molecule has 0 aliphatic carbocycles. The number of methoxy groups -OCH3 is 1. The van der Waals surface area contributed by atoms with Crippen LogP contribution in [0.5, 0.6) is 5.75 Å². The van der Waals surface area contributed by atoms with Crippen LogP contribution in [0.15, 0.2) is 101 Å². The Morgan fingerprint density at radius 1 is 0.774 bits per heavy atom. The summed E-state index contributed by atoms with van der Waals surface area (Å²) >= 11 is 0. The number of sulfone groups is 2. The van der Waals surface area contributed by atoms with Crippen LogP contribution in [-0.2, 0) is 19.7 Å². The Bertz CT molecular complexity index is 1180. The van der Waals surface area contributed by atoms with Crippen molar-refractivity contribution in [1.82, 2.24) is 0 Å². The molecule has 0 fully saturated rings. The van der Waals surface area contributed by atoms with Gasteiger partial charge >= 0.3 is 4.33 Å². The van der Waals surface area contributed by atoms with Gasteiger partial charge in [0.1, 0.15) is 5.75 Å².